The van der Waals surface area contributed by atoms with Gasteiger partial charge in [0.15, 0.2) is 23.3 Å². The van der Waals surface area contributed by atoms with Gasteiger partial charge in [-0.05, 0) is 0 Å². The standard InChI is InChI=1S/C10Cl2F8/c11-8(12)7-9(17,18)1-2(10(7,19)20)4(14)6(16)5(15)3(1)13. The number of hydrogen-bond donors (Lipinski definition) is 0. The van der Waals surface area contributed by atoms with E-state index in [2.05, 4.69) is 0 Å². The molecule has 10 heteroatoms. The Morgan fingerprint density at radius 2 is 0.950 bits per heavy atom. The third-order valence-corrected chi connectivity index (χ3v) is 3.09. The maximum atomic E-state index is 13.7. The molecular weight excluding hydrogens is 343 g/mol. The molecule has 0 saturated carbocycles. The topological polar surface area (TPSA) is 0 Å². The van der Waals surface area contributed by atoms with Crippen LogP contribution in [0.25, 0.3) is 0 Å². The first-order valence-electron chi connectivity index (χ1n) is 4.64. The normalized spacial score (nSPS) is 19.2. The zero-order valence-electron chi connectivity index (χ0n) is 8.78. The minimum absolute atomic E-state index is 1.66. The monoisotopic (exact) mass is 342 g/mol. The van der Waals surface area contributed by atoms with Gasteiger partial charge in [-0.1, -0.05) is 23.2 Å². The molecule has 0 aromatic heterocycles. The highest BCUT2D eigenvalue weighted by Gasteiger charge is 2.65. The second-order valence-corrected chi connectivity index (χ2v) is 4.74. The summed E-state index contributed by atoms with van der Waals surface area (Å²) in [6.07, 6.45) is 0. The third-order valence-electron chi connectivity index (χ3n) is 2.71. The highest BCUT2D eigenvalue weighted by Crippen LogP contribution is 2.61. The van der Waals surface area contributed by atoms with Gasteiger partial charge in [-0.25, -0.2) is 17.6 Å². The van der Waals surface area contributed by atoms with Crippen molar-refractivity contribution in [2.75, 3.05) is 0 Å². The molecule has 0 unspecified atom stereocenters. The molecule has 0 amide bonds. The summed E-state index contributed by atoms with van der Waals surface area (Å²) in [6.45, 7) is 0. The second kappa shape index (κ2) is 4.24. The first-order valence-corrected chi connectivity index (χ1v) is 5.40. The molecule has 0 N–H and O–H groups in total. The zero-order valence-corrected chi connectivity index (χ0v) is 10.3. The highest BCUT2D eigenvalue weighted by molar-refractivity contribution is 6.56. The van der Waals surface area contributed by atoms with Crippen LogP contribution < -0.4 is 0 Å². The third kappa shape index (κ3) is 1.67. The average molecular weight is 343 g/mol. The summed E-state index contributed by atoms with van der Waals surface area (Å²) >= 11 is 9.76. The van der Waals surface area contributed by atoms with Crippen LogP contribution in [-0.4, -0.2) is 0 Å². The average Bonchev–Trinajstić information content (AvgIpc) is 2.45. The summed E-state index contributed by atoms with van der Waals surface area (Å²) in [4.78, 5) is 0. The van der Waals surface area contributed by atoms with Crippen molar-refractivity contribution in [3.05, 3.63) is 44.5 Å². The van der Waals surface area contributed by atoms with Crippen LogP contribution in [0.15, 0.2) is 10.1 Å². The zero-order chi connectivity index (χ0) is 15.6. The Labute approximate surface area is 115 Å². The van der Waals surface area contributed by atoms with E-state index in [0.717, 1.165) is 0 Å². The molecule has 0 saturated heterocycles. The van der Waals surface area contributed by atoms with Gasteiger partial charge in [-0.15, -0.1) is 0 Å². The predicted octanol–water partition coefficient (Wildman–Crippen LogP) is 5.13. The molecule has 0 fully saturated rings. The minimum atomic E-state index is -4.89. The Balaban J connectivity index is 3.05. The van der Waals surface area contributed by atoms with Gasteiger partial charge in [0, 0.05) is 0 Å². The Bertz CT molecular complexity index is 596. The van der Waals surface area contributed by atoms with Crippen LogP contribution in [0.1, 0.15) is 11.1 Å². The largest absolute Gasteiger partial charge is 0.306 e. The van der Waals surface area contributed by atoms with E-state index in [4.69, 9.17) is 23.2 Å². The van der Waals surface area contributed by atoms with Crippen molar-refractivity contribution >= 4 is 23.2 Å². The Hall–Kier alpha value is -1.02. The quantitative estimate of drug-likeness (QED) is 0.348. The Morgan fingerprint density at radius 1 is 0.650 bits per heavy atom. The van der Waals surface area contributed by atoms with Gasteiger partial charge in [0.25, 0.3) is 0 Å². The van der Waals surface area contributed by atoms with Crippen molar-refractivity contribution in [2.24, 2.45) is 0 Å². The maximum Gasteiger partial charge on any atom is 0.306 e. The fourth-order valence-corrected chi connectivity index (χ4v) is 2.38. The Morgan fingerprint density at radius 3 is 1.20 bits per heavy atom. The number of allylic oxidation sites excluding steroid dienone is 1. The molecule has 1 aromatic rings. The highest BCUT2D eigenvalue weighted by atomic mass is 35.5. The van der Waals surface area contributed by atoms with Gasteiger partial charge >= 0.3 is 11.8 Å². The molecule has 2 rings (SSSR count). The van der Waals surface area contributed by atoms with E-state index in [9.17, 15) is 35.1 Å². The van der Waals surface area contributed by atoms with E-state index < -0.39 is 56.3 Å². The van der Waals surface area contributed by atoms with Crippen LogP contribution in [0.4, 0.5) is 35.1 Å². The molecule has 0 nitrogen and oxygen atoms in total. The van der Waals surface area contributed by atoms with Gasteiger partial charge in [0.05, 0.1) is 11.1 Å². The Kier molecular flexibility index (Phi) is 3.26. The fraction of sp³-hybridized carbons (Fsp3) is 0.200. The lowest BCUT2D eigenvalue weighted by Crippen LogP contribution is -2.20. The number of rotatable bonds is 0. The summed E-state index contributed by atoms with van der Waals surface area (Å²) in [5, 5.41) is 0. The van der Waals surface area contributed by atoms with E-state index in [-0.39, 0.29) is 0 Å². The number of alkyl halides is 4. The van der Waals surface area contributed by atoms with Crippen molar-refractivity contribution in [3.63, 3.8) is 0 Å². The number of hydrogen-bond acceptors (Lipinski definition) is 0. The van der Waals surface area contributed by atoms with Crippen LogP contribution in [0.5, 0.6) is 0 Å². The van der Waals surface area contributed by atoms with Gasteiger partial charge in [-0.3, -0.25) is 0 Å². The van der Waals surface area contributed by atoms with E-state index in [1.165, 1.54) is 0 Å². The molecule has 0 aliphatic heterocycles. The van der Waals surface area contributed by atoms with Crippen LogP contribution in [-0.2, 0) is 11.8 Å². The maximum absolute atomic E-state index is 13.7. The van der Waals surface area contributed by atoms with Crippen LogP contribution in [0.2, 0.25) is 0 Å². The van der Waals surface area contributed by atoms with Gasteiger partial charge in [0.2, 0.25) is 0 Å². The second-order valence-electron chi connectivity index (χ2n) is 3.79. The van der Waals surface area contributed by atoms with Gasteiger partial charge in [0.1, 0.15) is 10.1 Å². The van der Waals surface area contributed by atoms with Crippen molar-refractivity contribution in [2.45, 2.75) is 11.8 Å². The summed E-state index contributed by atoms with van der Waals surface area (Å²) in [6, 6.07) is 0. The van der Waals surface area contributed by atoms with Gasteiger partial charge in [-0.2, -0.15) is 17.6 Å². The van der Waals surface area contributed by atoms with E-state index >= 15 is 0 Å². The lowest BCUT2D eigenvalue weighted by atomic mass is 10.1. The number of halogens is 10. The van der Waals surface area contributed by atoms with Gasteiger partial charge < -0.3 is 0 Å². The molecule has 0 bridgehead atoms. The molecule has 0 heterocycles. The SMILES string of the molecule is Fc1c(F)c(F)c2c(c1F)C(F)(F)C(=C(Cl)Cl)C2(F)F. The van der Waals surface area contributed by atoms with Crippen molar-refractivity contribution in [1.29, 1.82) is 0 Å². The molecule has 0 spiro atoms. The molecule has 0 atom stereocenters. The first kappa shape index (κ1) is 15.4. The lowest BCUT2D eigenvalue weighted by Gasteiger charge is -2.15. The van der Waals surface area contributed by atoms with E-state index in [1.54, 1.807) is 0 Å². The van der Waals surface area contributed by atoms with Crippen molar-refractivity contribution in [3.8, 4) is 0 Å². The summed E-state index contributed by atoms with van der Waals surface area (Å²) in [5.74, 6) is -20.3. The lowest BCUT2D eigenvalue weighted by molar-refractivity contribution is -0.0240. The van der Waals surface area contributed by atoms with Crippen LogP contribution >= 0.6 is 23.2 Å². The van der Waals surface area contributed by atoms with Crippen LogP contribution in [0, 0.1) is 23.3 Å². The van der Waals surface area contributed by atoms with Crippen LogP contribution in [0.3, 0.4) is 0 Å². The minimum Gasteiger partial charge on any atom is -0.203 e. The molecular formula is C10Cl2F8. The molecule has 1 aliphatic rings. The molecule has 110 valence electrons. The summed E-state index contributed by atoms with van der Waals surface area (Å²) in [7, 11) is 0. The van der Waals surface area contributed by atoms with Crippen molar-refractivity contribution in [1.82, 2.24) is 0 Å². The first-order chi connectivity index (χ1) is 8.95. The van der Waals surface area contributed by atoms with E-state index in [1.807, 2.05) is 0 Å². The van der Waals surface area contributed by atoms with Crippen molar-refractivity contribution < 1.29 is 35.1 Å². The molecule has 20 heavy (non-hydrogen) atoms. The number of fused-ring (bicyclic) bond motifs is 1. The predicted molar refractivity (Wildman–Crippen MR) is 52.8 cm³/mol. The molecule has 1 aromatic carbocycles. The smallest absolute Gasteiger partial charge is 0.203 e. The molecule has 1 aliphatic carbocycles. The summed E-state index contributed by atoms with van der Waals surface area (Å²) in [5.41, 5.74) is -6.99. The van der Waals surface area contributed by atoms with E-state index in [0.29, 0.717) is 0 Å². The number of benzene rings is 1. The summed E-state index contributed by atoms with van der Waals surface area (Å²) < 4.78 is 106. The fourth-order valence-electron chi connectivity index (χ4n) is 1.91. The molecule has 0 radical (unpaired) electrons.